The Kier molecular flexibility index (Phi) is 4.73. The first-order valence-corrected chi connectivity index (χ1v) is 7.58. The quantitative estimate of drug-likeness (QED) is 0.666. The van der Waals surface area contributed by atoms with Gasteiger partial charge < -0.3 is 10.1 Å². The van der Waals surface area contributed by atoms with Crippen LogP contribution in [0.25, 0.3) is 0 Å². The fraction of sp³-hybridized carbons (Fsp3) is 0.471. The molecule has 6 heteroatoms. The van der Waals surface area contributed by atoms with Crippen LogP contribution in [0.3, 0.4) is 0 Å². The second kappa shape index (κ2) is 6.40. The first-order chi connectivity index (χ1) is 10.8. The van der Waals surface area contributed by atoms with Gasteiger partial charge in [-0.05, 0) is 43.9 Å². The molecule has 0 aliphatic carbocycles. The molecule has 1 aliphatic rings. The first-order valence-electron chi connectivity index (χ1n) is 7.58. The number of rotatable bonds is 5. The number of esters is 1. The lowest BCUT2D eigenvalue weighted by molar-refractivity contribution is -0.141. The molecule has 0 bridgehead atoms. The number of hydrogen-bond acceptors (Lipinski definition) is 4. The summed E-state index contributed by atoms with van der Waals surface area (Å²) in [4.78, 5) is 37.2. The van der Waals surface area contributed by atoms with Crippen molar-refractivity contribution in [3.63, 3.8) is 0 Å². The van der Waals surface area contributed by atoms with Gasteiger partial charge in [0.2, 0.25) is 0 Å². The molecule has 0 saturated carbocycles. The van der Waals surface area contributed by atoms with Gasteiger partial charge in [-0.15, -0.1) is 0 Å². The number of aryl methyl sites for hydroxylation is 2. The van der Waals surface area contributed by atoms with Crippen molar-refractivity contribution in [2.45, 2.75) is 39.2 Å². The van der Waals surface area contributed by atoms with E-state index in [0.717, 1.165) is 21.6 Å². The molecule has 1 atom stereocenters. The highest BCUT2D eigenvalue weighted by Crippen LogP contribution is 2.30. The maximum absolute atomic E-state index is 12.7. The number of hydrogen-bond donors (Lipinski definition) is 1. The monoisotopic (exact) mass is 318 g/mol. The minimum atomic E-state index is -1.07. The number of imide groups is 1. The summed E-state index contributed by atoms with van der Waals surface area (Å²) in [6.45, 7) is 5.87. The van der Waals surface area contributed by atoms with Crippen LogP contribution in [0.5, 0.6) is 0 Å². The van der Waals surface area contributed by atoms with Crippen molar-refractivity contribution < 1.29 is 19.1 Å². The summed E-state index contributed by atoms with van der Waals surface area (Å²) in [5, 5.41) is 2.77. The van der Waals surface area contributed by atoms with E-state index >= 15 is 0 Å². The largest absolute Gasteiger partial charge is 0.469 e. The van der Waals surface area contributed by atoms with E-state index in [1.807, 2.05) is 32.0 Å². The molecule has 124 valence electrons. The van der Waals surface area contributed by atoms with Crippen molar-refractivity contribution in [2.75, 3.05) is 13.7 Å². The number of amides is 3. The zero-order valence-electron chi connectivity index (χ0n) is 13.9. The Morgan fingerprint density at radius 3 is 2.57 bits per heavy atom. The van der Waals surface area contributed by atoms with Crippen LogP contribution in [0.4, 0.5) is 4.79 Å². The van der Waals surface area contributed by atoms with Gasteiger partial charge in [0, 0.05) is 13.0 Å². The molecular weight excluding hydrogens is 296 g/mol. The molecule has 1 aromatic rings. The molecule has 3 amide bonds. The van der Waals surface area contributed by atoms with E-state index in [1.54, 1.807) is 6.92 Å². The molecule has 1 saturated heterocycles. The molecule has 1 fully saturated rings. The lowest BCUT2D eigenvalue weighted by Gasteiger charge is -2.23. The number of carbonyl (C=O) groups excluding carboxylic acids is 3. The second-order valence-corrected chi connectivity index (χ2v) is 5.99. The summed E-state index contributed by atoms with van der Waals surface area (Å²) < 4.78 is 4.56. The number of benzene rings is 1. The van der Waals surface area contributed by atoms with Gasteiger partial charge >= 0.3 is 12.0 Å². The Morgan fingerprint density at radius 1 is 1.26 bits per heavy atom. The van der Waals surface area contributed by atoms with Crippen LogP contribution >= 0.6 is 0 Å². The van der Waals surface area contributed by atoms with Crippen molar-refractivity contribution in [3.05, 3.63) is 34.9 Å². The smallest absolute Gasteiger partial charge is 0.325 e. The van der Waals surface area contributed by atoms with Crippen LogP contribution in [-0.2, 0) is 19.9 Å². The third kappa shape index (κ3) is 3.21. The van der Waals surface area contributed by atoms with Crippen molar-refractivity contribution in [3.8, 4) is 0 Å². The first kappa shape index (κ1) is 17.0. The Bertz CT molecular complexity index is 656. The van der Waals surface area contributed by atoms with Crippen LogP contribution in [0.1, 0.15) is 36.5 Å². The van der Waals surface area contributed by atoms with Crippen LogP contribution < -0.4 is 5.32 Å². The minimum Gasteiger partial charge on any atom is -0.469 e. The molecule has 0 unspecified atom stereocenters. The minimum absolute atomic E-state index is 0.175. The van der Waals surface area contributed by atoms with Crippen molar-refractivity contribution in [1.29, 1.82) is 0 Å². The van der Waals surface area contributed by atoms with Gasteiger partial charge in [-0.1, -0.05) is 18.2 Å². The van der Waals surface area contributed by atoms with Gasteiger partial charge in [0.15, 0.2) is 0 Å². The van der Waals surface area contributed by atoms with Crippen LogP contribution in [0.2, 0.25) is 0 Å². The summed E-state index contributed by atoms with van der Waals surface area (Å²) in [5.41, 5.74) is 1.88. The van der Waals surface area contributed by atoms with Gasteiger partial charge in [-0.3, -0.25) is 14.5 Å². The van der Waals surface area contributed by atoms with Gasteiger partial charge in [0.1, 0.15) is 5.54 Å². The Labute approximate surface area is 135 Å². The molecule has 0 radical (unpaired) electrons. The summed E-state index contributed by atoms with van der Waals surface area (Å²) in [6, 6.07) is 5.29. The van der Waals surface area contributed by atoms with Crippen LogP contribution in [0.15, 0.2) is 18.2 Å². The molecular formula is C17H22N2O4. The van der Waals surface area contributed by atoms with Gasteiger partial charge in [0.05, 0.1) is 7.11 Å². The third-order valence-corrected chi connectivity index (χ3v) is 4.35. The zero-order chi connectivity index (χ0) is 17.2. The van der Waals surface area contributed by atoms with Gasteiger partial charge in [0.25, 0.3) is 5.91 Å². The lowest BCUT2D eigenvalue weighted by atomic mass is 9.89. The van der Waals surface area contributed by atoms with E-state index in [1.165, 1.54) is 7.11 Å². The Morgan fingerprint density at radius 2 is 1.96 bits per heavy atom. The topological polar surface area (TPSA) is 75.7 Å². The molecule has 1 aliphatic heterocycles. The Hall–Kier alpha value is -2.37. The number of nitrogens with zero attached hydrogens (tertiary/aromatic N) is 1. The van der Waals surface area contributed by atoms with Crippen LogP contribution in [0, 0.1) is 13.8 Å². The molecule has 0 spiro atoms. The number of carbonyl (C=O) groups is 3. The average Bonchev–Trinajstić information content (AvgIpc) is 2.73. The van der Waals surface area contributed by atoms with Gasteiger partial charge in [-0.2, -0.15) is 0 Å². The molecule has 6 nitrogen and oxygen atoms in total. The van der Waals surface area contributed by atoms with E-state index in [9.17, 15) is 14.4 Å². The standard InChI is InChI=1S/C17H22N2O4/c1-11-7-8-13(10-12(11)2)17(3)15(21)19(16(22)18-17)9-5-6-14(20)23-4/h7-8,10H,5-6,9H2,1-4H3,(H,18,22)/t17-/m1/s1. The summed E-state index contributed by atoms with van der Waals surface area (Å²) in [6.07, 6.45) is 0.558. The fourth-order valence-corrected chi connectivity index (χ4v) is 2.63. The summed E-state index contributed by atoms with van der Waals surface area (Å²) in [5.74, 6) is -0.649. The van der Waals surface area contributed by atoms with E-state index in [2.05, 4.69) is 10.1 Å². The summed E-state index contributed by atoms with van der Waals surface area (Å²) >= 11 is 0. The molecule has 23 heavy (non-hydrogen) atoms. The Balaban J connectivity index is 2.15. The van der Waals surface area contributed by atoms with Crippen LogP contribution in [-0.4, -0.2) is 36.5 Å². The van der Waals surface area contributed by atoms with Crippen molar-refractivity contribution >= 4 is 17.9 Å². The highest BCUT2D eigenvalue weighted by Gasteiger charge is 2.48. The molecule has 1 N–H and O–H groups in total. The number of nitrogens with one attached hydrogen (secondary N) is 1. The van der Waals surface area contributed by atoms with E-state index in [-0.39, 0.29) is 24.8 Å². The maximum Gasteiger partial charge on any atom is 0.325 e. The SMILES string of the molecule is COC(=O)CCCN1C(=O)N[C@](C)(c2ccc(C)c(C)c2)C1=O. The normalized spacial score (nSPS) is 20.6. The number of urea groups is 1. The highest BCUT2D eigenvalue weighted by molar-refractivity contribution is 6.07. The van der Waals surface area contributed by atoms with E-state index < -0.39 is 11.6 Å². The highest BCUT2D eigenvalue weighted by atomic mass is 16.5. The fourth-order valence-electron chi connectivity index (χ4n) is 2.63. The van der Waals surface area contributed by atoms with Gasteiger partial charge in [-0.25, -0.2) is 4.79 Å². The van der Waals surface area contributed by atoms with Crippen molar-refractivity contribution in [2.24, 2.45) is 0 Å². The average molecular weight is 318 g/mol. The predicted molar refractivity (Wildman–Crippen MR) is 84.8 cm³/mol. The van der Waals surface area contributed by atoms with Crippen molar-refractivity contribution in [1.82, 2.24) is 10.2 Å². The molecule has 0 aromatic heterocycles. The maximum atomic E-state index is 12.7. The molecule has 1 heterocycles. The predicted octanol–water partition coefficient (Wildman–Crippen LogP) is 2.02. The zero-order valence-corrected chi connectivity index (χ0v) is 13.9. The molecule has 1 aromatic carbocycles. The third-order valence-electron chi connectivity index (χ3n) is 4.35. The second-order valence-electron chi connectivity index (χ2n) is 5.99. The number of methoxy groups -OCH3 is 1. The lowest BCUT2D eigenvalue weighted by Crippen LogP contribution is -2.41. The van der Waals surface area contributed by atoms with E-state index in [4.69, 9.17) is 0 Å². The summed E-state index contributed by atoms with van der Waals surface area (Å²) in [7, 11) is 1.31. The molecule has 2 rings (SSSR count). The number of ether oxygens (including phenoxy) is 1. The van der Waals surface area contributed by atoms with E-state index in [0.29, 0.717) is 6.42 Å².